The third-order valence-corrected chi connectivity index (χ3v) is 3.69. The van der Waals surface area contributed by atoms with Crippen molar-refractivity contribution >= 4 is 35.3 Å². The van der Waals surface area contributed by atoms with Crippen molar-refractivity contribution in [2.45, 2.75) is 5.03 Å². The molecule has 78 valence electrons. The highest BCUT2D eigenvalue weighted by atomic mass is 32.2. The summed E-state index contributed by atoms with van der Waals surface area (Å²) in [6.45, 7) is 3.93. The average Bonchev–Trinajstić information content (AvgIpc) is 2.68. The minimum absolute atomic E-state index is 0.757. The van der Waals surface area contributed by atoms with Crippen LogP contribution in [-0.2, 0) is 0 Å². The maximum atomic E-state index is 4.19. The SMILES string of the molecule is C=C(CS)CSc1cc2ccccc2[nH]1. The summed E-state index contributed by atoms with van der Waals surface area (Å²) in [7, 11) is 0. The number of nitrogens with one attached hydrogen (secondary N) is 1. The Morgan fingerprint density at radius 2 is 2.20 bits per heavy atom. The zero-order chi connectivity index (χ0) is 10.7. The molecule has 3 heteroatoms. The van der Waals surface area contributed by atoms with E-state index in [1.54, 1.807) is 11.8 Å². The Hall–Kier alpha value is -0.800. The van der Waals surface area contributed by atoms with E-state index in [0.717, 1.165) is 17.1 Å². The molecule has 1 N–H and O–H groups in total. The first-order valence-corrected chi connectivity index (χ1v) is 6.39. The van der Waals surface area contributed by atoms with Crippen LogP contribution in [0.1, 0.15) is 0 Å². The van der Waals surface area contributed by atoms with Crippen LogP contribution in [0.3, 0.4) is 0 Å². The number of aromatic amines is 1. The van der Waals surface area contributed by atoms with Crippen LogP contribution in [0.5, 0.6) is 0 Å². The molecule has 0 saturated heterocycles. The van der Waals surface area contributed by atoms with Crippen LogP contribution in [0.15, 0.2) is 47.5 Å². The van der Waals surface area contributed by atoms with Gasteiger partial charge in [0.2, 0.25) is 0 Å². The number of H-pyrrole nitrogens is 1. The number of para-hydroxylation sites is 1. The van der Waals surface area contributed by atoms with E-state index < -0.39 is 0 Å². The summed E-state index contributed by atoms with van der Waals surface area (Å²) in [5.41, 5.74) is 2.35. The number of benzene rings is 1. The van der Waals surface area contributed by atoms with E-state index in [1.165, 1.54) is 15.9 Å². The van der Waals surface area contributed by atoms with Gasteiger partial charge in [0.1, 0.15) is 0 Å². The summed E-state index contributed by atoms with van der Waals surface area (Å²) < 4.78 is 0. The molecule has 2 rings (SSSR count). The van der Waals surface area contributed by atoms with Gasteiger partial charge in [-0.3, -0.25) is 0 Å². The fraction of sp³-hybridized carbons (Fsp3) is 0.167. The lowest BCUT2D eigenvalue weighted by Gasteiger charge is -1.98. The molecule has 0 fully saturated rings. The molecule has 1 aromatic carbocycles. The van der Waals surface area contributed by atoms with Crippen molar-refractivity contribution in [2.24, 2.45) is 0 Å². The van der Waals surface area contributed by atoms with Gasteiger partial charge >= 0.3 is 0 Å². The van der Waals surface area contributed by atoms with E-state index in [0.29, 0.717) is 0 Å². The molecule has 1 aromatic heterocycles. The minimum atomic E-state index is 0.757. The van der Waals surface area contributed by atoms with Crippen LogP contribution in [0.2, 0.25) is 0 Å². The van der Waals surface area contributed by atoms with Gasteiger partial charge in [-0.25, -0.2) is 0 Å². The summed E-state index contributed by atoms with van der Waals surface area (Å²) in [6.07, 6.45) is 0. The number of thiol groups is 1. The van der Waals surface area contributed by atoms with Gasteiger partial charge in [0.25, 0.3) is 0 Å². The van der Waals surface area contributed by atoms with E-state index in [9.17, 15) is 0 Å². The van der Waals surface area contributed by atoms with Crippen LogP contribution in [0.25, 0.3) is 10.9 Å². The van der Waals surface area contributed by atoms with Crippen LogP contribution in [0.4, 0.5) is 0 Å². The van der Waals surface area contributed by atoms with Gasteiger partial charge in [-0.2, -0.15) is 12.6 Å². The van der Waals surface area contributed by atoms with E-state index >= 15 is 0 Å². The summed E-state index contributed by atoms with van der Waals surface area (Å²) in [4.78, 5) is 3.37. The van der Waals surface area contributed by atoms with Crippen molar-refractivity contribution in [3.8, 4) is 0 Å². The molecule has 0 atom stereocenters. The number of fused-ring (bicyclic) bond motifs is 1. The van der Waals surface area contributed by atoms with Crippen LogP contribution in [-0.4, -0.2) is 16.5 Å². The van der Waals surface area contributed by atoms with Crippen molar-refractivity contribution in [3.63, 3.8) is 0 Å². The lowest BCUT2D eigenvalue weighted by Crippen LogP contribution is -1.86. The molecule has 1 nitrogen and oxygen atoms in total. The zero-order valence-electron chi connectivity index (χ0n) is 8.36. The first-order valence-electron chi connectivity index (χ1n) is 4.77. The Kier molecular flexibility index (Phi) is 3.44. The maximum absolute atomic E-state index is 4.19. The molecule has 1 heterocycles. The summed E-state index contributed by atoms with van der Waals surface area (Å²) in [5.74, 6) is 1.68. The van der Waals surface area contributed by atoms with Gasteiger partial charge in [-0.15, -0.1) is 11.8 Å². The molecule has 0 radical (unpaired) electrons. The van der Waals surface area contributed by atoms with E-state index in [-0.39, 0.29) is 0 Å². The second-order valence-electron chi connectivity index (χ2n) is 3.42. The molecule has 0 unspecified atom stereocenters. The third kappa shape index (κ3) is 2.61. The minimum Gasteiger partial charge on any atom is -0.350 e. The third-order valence-electron chi connectivity index (χ3n) is 2.16. The van der Waals surface area contributed by atoms with Gasteiger partial charge < -0.3 is 4.98 Å². The van der Waals surface area contributed by atoms with Crippen LogP contribution >= 0.6 is 24.4 Å². The number of thioether (sulfide) groups is 1. The highest BCUT2D eigenvalue weighted by molar-refractivity contribution is 7.99. The van der Waals surface area contributed by atoms with Gasteiger partial charge in [0, 0.05) is 22.4 Å². The fourth-order valence-corrected chi connectivity index (χ4v) is 2.47. The van der Waals surface area contributed by atoms with E-state index in [1.807, 2.05) is 6.07 Å². The summed E-state index contributed by atoms with van der Waals surface area (Å²) in [6, 6.07) is 10.5. The van der Waals surface area contributed by atoms with Gasteiger partial charge in [0.15, 0.2) is 0 Å². The van der Waals surface area contributed by atoms with Crippen molar-refractivity contribution in [1.82, 2.24) is 4.98 Å². The lowest BCUT2D eigenvalue weighted by atomic mass is 10.3. The molecule has 0 bridgehead atoms. The van der Waals surface area contributed by atoms with Gasteiger partial charge in [-0.05, 0) is 12.1 Å². The zero-order valence-corrected chi connectivity index (χ0v) is 10.1. The molecule has 0 aliphatic carbocycles. The van der Waals surface area contributed by atoms with Crippen molar-refractivity contribution in [3.05, 3.63) is 42.5 Å². The van der Waals surface area contributed by atoms with E-state index in [4.69, 9.17) is 0 Å². The highest BCUT2D eigenvalue weighted by Crippen LogP contribution is 2.24. The van der Waals surface area contributed by atoms with Crippen molar-refractivity contribution < 1.29 is 0 Å². The number of hydrogen-bond acceptors (Lipinski definition) is 2. The molecular formula is C12H13NS2. The quantitative estimate of drug-likeness (QED) is 0.468. The Balaban J connectivity index is 2.12. The first kappa shape index (κ1) is 10.7. The molecule has 0 saturated carbocycles. The predicted molar refractivity (Wildman–Crippen MR) is 72.0 cm³/mol. The summed E-state index contributed by atoms with van der Waals surface area (Å²) >= 11 is 5.96. The smallest absolute Gasteiger partial charge is 0.0735 e. The molecule has 15 heavy (non-hydrogen) atoms. The highest BCUT2D eigenvalue weighted by Gasteiger charge is 2.00. The predicted octanol–water partition coefficient (Wildman–Crippen LogP) is 3.75. The molecular weight excluding hydrogens is 222 g/mol. The van der Waals surface area contributed by atoms with Crippen molar-refractivity contribution in [1.29, 1.82) is 0 Å². The second-order valence-corrected chi connectivity index (χ2v) is 4.75. The number of aromatic nitrogens is 1. The van der Waals surface area contributed by atoms with Crippen LogP contribution < -0.4 is 0 Å². The van der Waals surface area contributed by atoms with E-state index in [2.05, 4.69) is 48.5 Å². The van der Waals surface area contributed by atoms with Crippen LogP contribution in [0, 0.1) is 0 Å². The topological polar surface area (TPSA) is 15.8 Å². The Morgan fingerprint density at radius 1 is 1.40 bits per heavy atom. The molecule has 0 spiro atoms. The number of rotatable bonds is 4. The fourth-order valence-electron chi connectivity index (χ4n) is 1.35. The van der Waals surface area contributed by atoms with Gasteiger partial charge in [-0.1, -0.05) is 30.4 Å². The monoisotopic (exact) mass is 235 g/mol. The number of hydrogen-bond donors (Lipinski definition) is 2. The lowest BCUT2D eigenvalue weighted by molar-refractivity contribution is 1.24. The Labute approximate surface area is 99.4 Å². The molecule has 0 amide bonds. The normalized spacial score (nSPS) is 10.7. The Bertz CT molecular complexity index is 440. The first-order chi connectivity index (χ1) is 7.29. The standard InChI is InChI=1S/C12H13NS2/c1-9(7-14)8-15-12-6-10-4-2-3-5-11(10)13-12/h2-6,13-14H,1,7-8H2. The largest absolute Gasteiger partial charge is 0.350 e. The molecule has 0 aliphatic rings. The Morgan fingerprint density at radius 3 is 2.93 bits per heavy atom. The molecule has 0 aliphatic heterocycles. The molecule has 2 aromatic rings. The average molecular weight is 235 g/mol. The van der Waals surface area contributed by atoms with Gasteiger partial charge in [0.05, 0.1) is 5.03 Å². The van der Waals surface area contributed by atoms with Crippen molar-refractivity contribution in [2.75, 3.05) is 11.5 Å². The summed E-state index contributed by atoms with van der Waals surface area (Å²) in [5, 5.41) is 2.45. The maximum Gasteiger partial charge on any atom is 0.0735 e. The second kappa shape index (κ2) is 4.81.